The van der Waals surface area contributed by atoms with E-state index in [-0.39, 0.29) is 18.0 Å². The Hall–Kier alpha value is -1.95. The summed E-state index contributed by atoms with van der Waals surface area (Å²) in [6.45, 7) is 3.47. The fraction of sp³-hybridized carbons (Fsp3) is 0.318. The molecule has 0 bridgehead atoms. The Labute approximate surface area is 168 Å². The molecule has 2 aromatic heterocycles. The van der Waals surface area contributed by atoms with Crippen molar-refractivity contribution in [2.75, 3.05) is 20.1 Å². The Morgan fingerprint density at radius 1 is 1.15 bits per heavy atom. The molecule has 0 radical (unpaired) electrons. The number of hydrogen-bond acceptors (Lipinski definition) is 4. The average molecular weight is 397 g/mol. The minimum atomic E-state index is 0.0698. The van der Waals surface area contributed by atoms with Gasteiger partial charge in [0.2, 0.25) is 5.91 Å². The predicted octanol–water partition coefficient (Wildman–Crippen LogP) is 4.98. The van der Waals surface area contributed by atoms with Crippen molar-refractivity contribution in [3.63, 3.8) is 0 Å². The molecular formula is C22H24N2OS2. The fourth-order valence-electron chi connectivity index (χ4n) is 3.78. The van der Waals surface area contributed by atoms with E-state index in [0.717, 1.165) is 13.0 Å². The van der Waals surface area contributed by atoms with Gasteiger partial charge in [0.05, 0.1) is 18.6 Å². The van der Waals surface area contributed by atoms with Gasteiger partial charge in [0.25, 0.3) is 0 Å². The average Bonchev–Trinajstić information content (AvgIpc) is 3.39. The quantitative estimate of drug-likeness (QED) is 0.607. The standard InChI is InChI=1S/C22H24N2OS2/c1-16(17-7-4-3-5-8-17)23(2)21(25)15-24-12-10-19-18(11-14-27-19)22(24)20-9-6-13-26-20/h3-9,11,13-14,16,22H,10,12,15H2,1-2H3/t16-,22+/m0/s1. The molecule has 140 valence electrons. The number of carbonyl (C=O) groups excluding carboxylic acids is 1. The third-order valence-corrected chi connectivity index (χ3v) is 7.39. The highest BCUT2D eigenvalue weighted by atomic mass is 32.1. The lowest BCUT2D eigenvalue weighted by Gasteiger charge is -2.36. The Balaban J connectivity index is 1.53. The first-order chi connectivity index (χ1) is 13.1. The van der Waals surface area contributed by atoms with Crippen molar-refractivity contribution in [3.8, 4) is 0 Å². The summed E-state index contributed by atoms with van der Waals surface area (Å²) in [5.74, 6) is 0.173. The molecule has 5 heteroatoms. The molecule has 3 aromatic rings. The molecule has 0 saturated carbocycles. The van der Waals surface area contributed by atoms with E-state index in [9.17, 15) is 4.79 Å². The third kappa shape index (κ3) is 3.72. The van der Waals surface area contributed by atoms with Crippen LogP contribution >= 0.6 is 22.7 Å². The summed E-state index contributed by atoms with van der Waals surface area (Å²) in [4.78, 5) is 20.1. The zero-order valence-electron chi connectivity index (χ0n) is 15.7. The van der Waals surface area contributed by atoms with E-state index in [2.05, 4.69) is 52.9 Å². The number of rotatable bonds is 5. The summed E-state index contributed by atoms with van der Waals surface area (Å²) in [6, 6.07) is 17.0. The van der Waals surface area contributed by atoms with Crippen LogP contribution in [0.15, 0.2) is 59.3 Å². The van der Waals surface area contributed by atoms with Gasteiger partial charge >= 0.3 is 0 Å². The van der Waals surface area contributed by atoms with Crippen LogP contribution < -0.4 is 0 Å². The van der Waals surface area contributed by atoms with Crippen molar-refractivity contribution in [1.82, 2.24) is 9.80 Å². The zero-order chi connectivity index (χ0) is 18.8. The van der Waals surface area contributed by atoms with Crippen LogP contribution in [-0.2, 0) is 11.2 Å². The van der Waals surface area contributed by atoms with Gasteiger partial charge in [-0.25, -0.2) is 0 Å². The fourth-order valence-corrected chi connectivity index (χ4v) is 5.56. The van der Waals surface area contributed by atoms with Crippen molar-refractivity contribution < 1.29 is 4.79 Å². The maximum absolute atomic E-state index is 13.1. The summed E-state index contributed by atoms with van der Waals surface area (Å²) in [7, 11) is 1.92. The molecule has 0 aliphatic carbocycles. The van der Waals surface area contributed by atoms with Crippen LogP contribution in [0.2, 0.25) is 0 Å². The van der Waals surface area contributed by atoms with E-state index in [0.29, 0.717) is 6.54 Å². The van der Waals surface area contributed by atoms with E-state index in [1.54, 1.807) is 11.3 Å². The molecule has 0 unspecified atom stereocenters. The number of fused-ring (bicyclic) bond motifs is 1. The van der Waals surface area contributed by atoms with E-state index < -0.39 is 0 Å². The Kier molecular flexibility index (Phi) is 5.43. The monoisotopic (exact) mass is 396 g/mol. The number of likely N-dealkylation sites (N-methyl/N-ethyl adjacent to an activating group) is 1. The van der Waals surface area contributed by atoms with Gasteiger partial charge in [0.1, 0.15) is 0 Å². The summed E-state index contributed by atoms with van der Waals surface area (Å²) >= 11 is 3.62. The largest absolute Gasteiger partial charge is 0.338 e. The second-order valence-corrected chi connectivity index (χ2v) is 9.01. The molecule has 1 aromatic carbocycles. The molecule has 3 heterocycles. The van der Waals surface area contributed by atoms with Crippen LogP contribution in [0.5, 0.6) is 0 Å². The van der Waals surface area contributed by atoms with Crippen LogP contribution in [0.4, 0.5) is 0 Å². The van der Waals surface area contributed by atoms with Crippen molar-refractivity contribution in [2.45, 2.75) is 25.4 Å². The Morgan fingerprint density at radius 2 is 1.96 bits per heavy atom. The van der Waals surface area contributed by atoms with Gasteiger partial charge in [-0.15, -0.1) is 22.7 Å². The first kappa shape index (κ1) is 18.4. The Morgan fingerprint density at radius 3 is 2.70 bits per heavy atom. The van der Waals surface area contributed by atoms with Crippen LogP contribution in [0, 0.1) is 0 Å². The molecule has 3 nitrogen and oxygen atoms in total. The molecule has 0 fully saturated rings. The first-order valence-corrected chi connectivity index (χ1v) is 11.1. The van der Waals surface area contributed by atoms with Gasteiger partial charge in [0.15, 0.2) is 0 Å². The maximum Gasteiger partial charge on any atom is 0.237 e. The predicted molar refractivity (Wildman–Crippen MR) is 113 cm³/mol. The molecule has 0 spiro atoms. The van der Waals surface area contributed by atoms with Gasteiger partial charge in [-0.2, -0.15) is 0 Å². The number of amides is 1. The normalized spacial score (nSPS) is 18.1. The summed E-state index contributed by atoms with van der Waals surface area (Å²) in [5.41, 5.74) is 2.54. The highest BCUT2D eigenvalue weighted by Gasteiger charge is 2.32. The zero-order valence-corrected chi connectivity index (χ0v) is 17.3. The van der Waals surface area contributed by atoms with Crippen molar-refractivity contribution in [2.24, 2.45) is 0 Å². The summed E-state index contributed by atoms with van der Waals surface area (Å²) in [6.07, 6.45) is 1.03. The molecule has 27 heavy (non-hydrogen) atoms. The van der Waals surface area contributed by atoms with Crippen molar-refractivity contribution in [1.29, 1.82) is 0 Å². The van der Waals surface area contributed by atoms with Crippen LogP contribution in [-0.4, -0.2) is 35.8 Å². The lowest BCUT2D eigenvalue weighted by molar-refractivity contribution is -0.133. The molecular weight excluding hydrogens is 372 g/mol. The van der Waals surface area contributed by atoms with Crippen LogP contribution in [0.1, 0.15) is 39.9 Å². The lowest BCUT2D eigenvalue weighted by atomic mass is 9.98. The molecule has 0 N–H and O–H groups in total. The smallest absolute Gasteiger partial charge is 0.237 e. The van der Waals surface area contributed by atoms with Gasteiger partial charge in [-0.3, -0.25) is 9.69 Å². The molecule has 0 saturated heterocycles. The molecule has 1 aliphatic heterocycles. The number of carbonyl (C=O) groups is 1. The molecule has 4 rings (SSSR count). The second kappa shape index (κ2) is 7.97. The van der Waals surface area contributed by atoms with Crippen LogP contribution in [0.3, 0.4) is 0 Å². The van der Waals surface area contributed by atoms with E-state index in [1.807, 2.05) is 41.5 Å². The maximum atomic E-state index is 13.1. The van der Waals surface area contributed by atoms with Crippen molar-refractivity contribution in [3.05, 3.63) is 80.2 Å². The van der Waals surface area contributed by atoms with Gasteiger partial charge in [-0.1, -0.05) is 36.4 Å². The second-order valence-electron chi connectivity index (χ2n) is 7.03. The minimum Gasteiger partial charge on any atom is -0.338 e. The SMILES string of the molecule is C[C@@H](c1ccccc1)N(C)C(=O)CN1CCc2sccc2[C@@H]1c1cccs1. The molecule has 1 aliphatic rings. The summed E-state index contributed by atoms with van der Waals surface area (Å²) in [5, 5.41) is 4.31. The van der Waals surface area contributed by atoms with E-state index in [1.165, 1.54) is 20.9 Å². The van der Waals surface area contributed by atoms with Gasteiger partial charge in [0, 0.05) is 23.3 Å². The van der Waals surface area contributed by atoms with Gasteiger partial charge in [-0.05, 0) is 47.4 Å². The van der Waals surface area contributed by atoms with Gasteiger partial charge < -0.3 is 4.90 Å². The van der Waals surface area contributed by atoms with E-state index in [4.69, 9.17) is 0 Å². The highest BCUT2D eigenvalue weighted by Crippen LogP contribution is 2.39. The number of benzene rings is 1. The minimum absolute atomic E-state index is 0.0698. The Bertz CT molecular complexity index is 888. The first-order valence-electron chi connectivity index (χ1n) is 9.29. The number of hydrogen-bond donors (Lipinski definition) is 0. The number of thiophene rings is 2. The van der Waals surface area contributed by atoms with Crippen molar-refractivity contribution >= 4 is 28.6 Å². The highest BCUT2D eigenvalue weighted by molar-refractivity contribution is 7.10. The third-order valence-electron chi connectivity index (χ3n) is 5.47. The van der Waals surface area contributed by atoms with E-state index >= 15 is 0 Å². The molecule has 1 amide bonds. The van der Waals surface area contributed by atoms with Crippen LogP contribution in [0.25, 0.3) is 0 Å². The lowest BCUT2D eigenvalue weighted by Crippen LogP contribution is -2.43. The topological polar surface area (TPSA) is 23.6 Å². The summed E-state index contributed by atoms with van der Waals surface area (Å²) < 4.78 is 0. The number of nitrogens with zero attached hydrogens (tertiary/aromatic N) is 2. The molecule has 2 atom stereocenters.